The van der Waals surface area contributed by atoms with Crippen LogP contribution in [0.25, 0.3) is 11.3 Å². The molecular weight excluding hydrogens is 425 g/mol. The van der Waals surface area contributed by atoms with Gasteiger partial charge in [-0.2, -0.15) is 0 Å². The van der Waals surface area contributed by atoms with E-state index in [1.807, 2.05) is 36.4 Å². The Morgan fingerprint density at radius 2 is 1.73 bits per heavy atom. The van der Waals surface area contributed by atoms with Crippen LogP contribution in [0.5, 0.6) is 0 Å². The van der Waals surface area contributed by atoms with Crippen LogP contribution < -0.4 is 5.32 Å². The summed E-state index contributed by atoms with van der Waals surface area (Å²) in [6.07, 6.45) is 0. The number of amides is 1. The average Bonchev–Trinajstić information content (AvgIpc) is 3.24. The lowest BCUT2D eigenvalue weighted by molar-refractivity contribution is 0.0995. The second kappa shape index (κ2) is 9.11. The molecule has 30 heavy (non-hydrogen) atoms. The number of hydrogen-bond donors (Lipinski definition) is 1. The van der Waals surface area contributed by atoms with Crippen molar-refractivity contribution in [2.75, 3.05) is 5.32 Å². The number of aromatic nitrogens is 2. The molecule has 2 aromatic carbocycles. The van der Waals surface area contributed by atoms with Gasteiger partial charge in [0.1, 0.15) is 16.6 Å². The number of thioether (sulfide) groups is 1. The topological polar surface area (TPSA) is 68.0 Å². The van der Waals surface area contributed by atoms with Crippen LogP contribution in [0, 0.1) is 5.82 Å². The fraction of sp³-hybridized carbons (Fsp3) is 0.0455. The lowest BCUT2D eigenvalue weighted by Crippen LogP contribution is -2.10. The van der Waals surface area contributed by atoms with Crippen molar-refractivity contribution >= 4 is 35.0 Å². The van der Waals surface area contributed by atoms with Crippen molar-refractivity contribution in [1.29, 1.82) is 0 Å². The molecule has 0 saturated heterocycles. The van der Waals surface area contributed by atoms with Crippen LogP contribution in [0.3, 0.4) is 0 Å². The first-order chi connectivity index (χ1) is 14.6. The highest BCUT2D eigenvalue weighted by Crippen LogP contribution is 2.24. The molecule has 4 rings (SSSR count). The Balaban J connectivity index is 1.34. The number of nitrogens with one attached hydrogen (secondary N) is 1. The number of hydrogen-bond acceptors (Lipinski definition) is 5. The number of halogens is 2. The molecule has 0 saturated carbocycles. The van der Waals surface area contributed by atoms with Crippen molar-refractivity contribution in [3.63, 3.8) is 0 Å². The lowest BCUT2D eigenvalue weighted by atomic mass is 10.1. The molecule has 0 unspecified atom stereocenters. The molecule has 0 aliphatic rings. The van der Waals surface area contributed by atoms with Gasteiger partial charge < -0.3 is 9.73 Å². The highest BCUT2D eigenvalue weighted by molar-refractivity contribution is 7.98. The number of carbonyl (C=O) groups excluding carboxylic acids is 1. The van der Waals surface area contributed by atoms with Gasteiger partial charge in [-0.25, -0.2) is 4.39 Å². The molecule has 1 amide bonds. The molecular formula is C22H15ClFN3O2S. The quantitative estimate of drug-likeness (QED) is 0.369. The molecule has 0 atom stereocenters. The lowest BCUT2D eigenvalue weighted by Gasteiger charge is -2.03. The van der Waals surface area contributed by atoms with E-state index in [0.29, 0.717) is 22.2 Å². The summed E-state index contributed by atoms with van der Waals surface area (Å²) in [5.74, 6) is 0.546. The standard InChI is InChI=1S/C22H15ClFN3O2S/c23-15-3-1-14(2-4-15)19-10-12-21(27-26-19)30-13-18-9-11-20(29-18)22(28)25-17-7-5-16(24)6-8-17/h1-12H,13H2,(H,25,28). The van der Waals surface area contributed by atoms with E-state index in [1.54, 1.807) is 12.1 Å². The minimum absolute atomic E-state index is 0.180. The summed E-state index contributed by atoms with van der Waals surface area (Å²) >= 11 is 7.35. The van der Waals surface area contributed by atoms with Crippen LogP contribution in [-0.2, 0) is 5.75 Å². The maximum atomic E-state index is 13.0. The Morgan fingerprint density at radius 3 is 2.43 bits per heavy atom. The predicted molar refractivity (Wildman–Crippen MR) is 115 cm³/mol. The van der Waals surface area contributed by atoms with Crippen molar-refractivity contribution in [3.05, 3.63) is 95.2 Å². The normalized spacial score (nSPS) is 10.7. The van der Waals surface area contributed by atoms with Crippen molar-refractivity contribution in [2.24, 2.45) is 0 Å². The molecule has 5 nitrogen and oxygen atoms in total. The van der Waals surface area contributed by atoms with Crippen LogP contribution in [0.2, 0.25) is 5.02 Å². The number of anilines is 1. The highest BCUT2D eigenvalue weighted by atomic mass is 35.5. The largest absolute Gasteiger partial charge is 0.455 e. The fourth-order valence-corrected chi connectivity index (χ4v) is 3.45. The van der Waals surface area contributed by atoms with Crippen LogP contribution in [0.15, 0.2) is 82.2 Å². The van der Waals surface area contributed by atoms with E-state index in [9.17, 15) is 9.18 Å². The monoisotopic (exact) mass is 439 g/mol. The Kier molecular flexibility index (Phi) is 6.11. The van der Waals surface area contributed by atoms with E-state index in [1.165, 1.54) is 36.0 Å². The van der Waals surface area contributed by atoms with Gasteiger partial charge in [-0.15, -0.1) is 10.2 Å². The first kappa shape index (κ1) is 20.1. The van der Waals surface area contributed by atoms with E-state index in [0.717, 1.165) is 16.3 Å². The molecule has 0 radical (unpaired) electrons. The third-order valence-corrected chi connectivity index (χ3v) is 5.32. The van der Waals surface area contributed by atoms with Crippen LogP contribution >= 0.6 is 23.4 Å². The molecule has 4 aromatic rings. The van der Waals surface area contributed by atoms with Crippen molar-refractivity contribution in [2.45, 2.75) is 10.8 Å². The summed E-state index contributed by atoms with van der Waals surface area (Å²) in [4.78, 5) is 12.2. The fourth-order valence-electron chi connectivity index (χ4n) is 2.62. The minimum atomic E-state index is -0.398. The van der Waals surface area contributed by atoms with Gasteiger partial charge in [0, 0.05) is 16.3 Å². The molecule has 2 heterocycles. The Labute approximate surface area is 181 Å². The first-order valence-corrected chi connectivity index (χ1v) is 10.3. The number of nitrogens with zero attached hydrogens (tertiary/aromatic N) is 2. The van der Waals surface area contributed by atoms with Gasteiger partial charge in [0.05, 0.1) is 11.4 Å². The molecule has 1 N–H and O–H groups in total. The zero-order valence-corrected chi connectivity index (χ0v) is 17.1. The Hall–Kier alpha value is -3.16. The average molecular weight is 440 g/mol. The molecule has 2 aromatic heterocycles. The molecule has 8 heteroatoms. The van der Waals surface area contributed by atoms with Crippen LogP contribution in [-0.4, -0.2) is 16.1 Å². The van der Waals surface area contributed by atoms with Crippen molar-refractivity contribution in [3.8, 4) is 11.3 Å². The second-order valence-corrected chi connectivity index (χ2v) is 7.71. The number of benzene rings is 2. The Morgan fingerprint density at radius 1 is 0.967 bits per heavy atom. The summed E-state index contributed by atoms with van der Waals surface area (Å²) in [5.41, 5.74) is 2.19. The third-order valence-electron chi connectivity index (χ3n) is 4.13. The van der Waals surface area contributed by atoms with Gasteiger partial charge in [-0.1, -0.05) is 35.5 Å². The van der Waals surface area contributed by atoms with Gasteiger partial charge in [0.15, 0.2) is 5.76 Å². The Bertz CT molecular complexity index is 1150. The van der Waals surface area contributed by atoms with Gasteiger partial charge in [0.2, 0.25) is 0 Å². The summed E-state index contributed by atoms with van der Waals surface area (Å²) in [6, 6.07) is 20.0. The van der Waals surface area contributed by atoms with E-state index >= 15 is 0 Å². The summed E-state index contributed by atoms with van der Waals surface area (Å²) in [6.45, 7) is 0. The zero-order valence-electron chi connectivity index (χ0n) is 15.5. The smallest absolute Gasteiger partial charge is 0.291 e. The highest BCUT2D eigenvalue weighted by Gasteiger charge is 2.12. The molecule has 0 aliphatic heterocycles. The SMILES string of the molecule is O=C(Nc1ccc(F)cc1)c1ccc(CSc2ccc(-c3ccc(Cl)cc3)nn2)o1. The van der Waals surface area contributed by atoms with Crippen LogP contribution in [0.1, 0.15) is 16.3 Å². The molecule has 0 aliphatic carbocycles. The molecule has 0 spiro atoms. The van der Waals surface area contributed by atoms with Gasteiger partial charge in [-0.3, -0.25) is 4.79 Å². The maximum absolute atomic E-state index is 13.0. The summed E-state index contributed by atoms with van der Waals surface area (Å²) in [5, 5.41) is 12.5. The first-order valence-electron chi connectivity index (χ1n) is 8.95. The number of rotatable bonds is 6. The second-order valence-electron chi connectivity index (χ2n) is 6.28. The molecule has 150 valence electrons. The molecule has 0 bridgehead atoms. The van der Waals surface area contributed by atoms with E-state index in [2.05, 4.69) is 15.5 Å². The number of furan rings is 1. The minimum Gasteiger partial charge on any atom is -0.455 e. The van der Waals surface area contributed by atoms with Gasteiger partial charge in [0.25, 0.3) is 5.91 Å². The maximum Gasteiger partial charge on any atom is 0.291 e. The van der Waals surface area contributed by atoms with Gasteiger partial charge in [-0.05, 0) is 60.7 Å². The van der Waals surface area contributed by atoms with E-state index < -0.39 is 5.91 Å². The predicted octanol–water partition coefficient (Wildman–Crippen LogP) is 6.07. The van der Waals surface area contributed by atoms with Gasteiger partial charge >= 0.3 is 0 Å². The van der Waals surface area contributed by atoms with E-state index in [-0.39, 0.29) is 11.6 Å². The van der Waals surface area contributed by atoms with E-state index in [4.69, 9.17) is 16.0 Å². The summed E-state index contributed by atoms with van der Waals surface area (Å²) in [7, 11) is 0. The summed E-state index contributed by atoms with van der Waals surface area (Å²) < 4.78 is 18.5. The van der Waals surface area contributed by atoms with Crippen LogP contribution in [0.4, 0.5) is 10.1 Å². The number of carbonyl (C=O) groups is 1. The third kappa shape index (κ3) is 5.06. The van der Waals surface area contributed by atoms with Crippen molar-refractivity contribution < 1.29 is 13.6 Å². The molecule has 0 fully saturated rings. The zero-order chi connectivity index (χ0) is 20.9. The van der Waals surface area contributed by atoms with Crippen molar-refractivity contribution in [1.82, 2.24) is 10.2 Å².